The topological polar surface area (TPSA) is 63.2 Å². The molecule has 0 fully saturated rings. The molecule has 0 unspecified atom stereocenters. The highest BCUT2D eigenvalue weighted by Crippen LogP contribution is 2.50. The number of rotatable bonds is 10. The highest BCUT2D eigenvalue weighted by Gasteiger charge is 2.28. The molecule has 132 valence electrons. The lowest BCUT2D eigenvalue weighted by molar-refractivity contribution is 0.167. The molecule has 0 N–H and O–H groups in total. The van der Waals surface area contributed by atoms with Gasteiger partial charge in [0.25, 0.3) is 0 Å². The van der Waals surface area contributed by atoms with Crippen molar-refractivity contribution in [3.05, 3.63) is 18.2 Å². The molecule has 0 radical (unpaired) electrons. The maximum absolute atomic E-state index is 12.5. The zero-order valence-electron chi connectivity index (χ0n) is 14.7. The van der Waals surface area contributed by atoms with E-state index in [9.17, 15) is 4.57 Å². The van der Waals surface area contributed by atoms with Crippen molar-refractivity contribution in [3.63, 3.8) is 0 Å². The lowest BCUT2D eigenvalue weighted by Crippen LogP contribution is -2.09. The van der Waals surface area contributed by atoms with Crippen LogP contribution in [0.1, 0.15) is 41.5 Å². The predicted molar refractivity (Wildman–Crippen MR) is 89.5 cm³/mol. The van der Waals surface area contributed by atoms with Gasteiger partial charge in [0, 0.05) is 18.2 Å². The summed E-state index contributed by atoms with van der Waals surface area (Å²) in [5, 5.41) is 0. The molecule has 0 aliphatic rings. The van der Waals surface area contributed by atoms with Gasteiger partial charge in [-0.25, -0.2) is 4.57 Å². The van der Waals surface area contributed by atoms with Gasteiger partial charge in [0.2, 0.25) is 0 Å². The minimum atomic E-state index is -3.66. The second-order valence-corrected chi connectivity index (χ2v) is 6.94. The third-order valence-corrected chi connectivity index (χ3v) is 3.97. The van der Waals surface area contributed by atoms with Crippen LogP contribution in [0.5, 0.6) is 17.2 Å². The zero-order chi connectivity index (χ0) is 17.5. The summed E-state index contributed by atoms with van der Waals surface area (Å²) in [6.45, 7) is 11.6. The quantitative estimate of drug-likeness (QED) is 0.566. The van der Waals surface area contributed by atoms with Gasteiger partial charge in [0.05, 0.1) is 25.4 Å². The molecule has 0 spiro atoms. The van der Waals surface area contributed by atoms with Gasteiger partial charge in [0.1, 0.15) is 17.2 Å². The van der Waals surface area contributed by atoms with E-state index < -0.39 is 7.82 Å². The smallest absolute Gasteiger partial charge is 0.491 e. The molecule has 1 aromatic rings. The first-order valence-electron chi connectivity index (χ1n) is 7.85. The summed E-state index contributed by atoms with van der Waals surface area (Å²) in [6, 6.07) is 5.04. The van der Waals surface area contributed by atoms with Crippen LogP contribution in [-0.2, 0) is 13.6 Å². The van der Waals surface area contributed by atoms with Gasteiger partial charge in [-0.1, -0.05) is 0 Å². The Morgan fingerprint density at radius 3 is 1.57 bits per heavy atom. The van der Waals surface area contributed by atoms with Gasteiger partial charge in [-0.15, -0.1) is 0 Å². The molecule has 6 nitrogen and oxygen atoms in total. The molecule has 1 rings (SSSR count). The summed E-state index contributed by atoms with van der Waals surface area (Å²) >= 11 is 0. The third-order valence-electron chi connectivity index (χ3n) is 2.39. The van der Waals surface area contributed by atoms with Gasteiger partial charge in [-0.05, 0) is 41.5 Å². The Balaban J connectivity index is 3.09. The summed E-state index contributed by atoms with van der Waals surface area (Å²) in [5.41, 5.74) is 0. The monoisotopic (exact) mass is 346 g/mol. The molecule has 23 heavy (non-hydrogen) atoms. The molecule has 0 atom stereocenters. The molecule has 0 aromatic heterocycles. The van der Waals surface area contributed by atoms with Crippen molar-refractivity contribution < 1.29 is 27.6 Å². The summed E-state index contributed by atoms with van der Waals surface area (Å²) in [7, 11) is -3.66. The Morgan fingerprint density at radius 2 is 1.22 bits per heavy atom. The Labute approximate surface area is 138 Å². The van der Waals surface area contributed by atoms with Gasteiger partial charge < -0.3 is 14.0 Å². The van der Waals surface area contributed by atoms with Crippen LogP contribution in [-0.4, -0.2) is 25.4 Å². The maximum Gasteiger partial charge on any atom is 0.530 e. The van der Waals surface area contributed by atoms with Crippen molar-refractivity contribution in [1.29, 1.82) is 0 Å². The van der Waals surface area contributed by atoms with Crippen LogP contribution < -0.4 is 14.0 Å². The van der Waals surface area contributed by atoms with E-state index in [-0.39, 0.29) is 25.4 Å². The number of phosphoric acid groups is 1. The first kappa shape index (κ1) is 19.8. The molecular weight excluding hydrogens is 319 g/mol. The summed E-state index contributed by atoms with van der Waals surface area (Å²) < 4.78 is 39.6. The van der Waals surface area contributed by atoms with Crippen LogP contribution in [0.2, 0.25) is 0 Å². The van der Waals surface area contributed by atoms with E-state index in [4.69, 9.17) is 23.0 Å². The Kier molecular flexibility index (Phi) is 7.89. The van der Waals surface area contributed by atoms with E-state index in [2.05, 4.69) is 0 Å². The summed E-state index contributed by atoms with van der Waals surface area (Å²) in [6.07, 6.45) is -0.0227. The molecule has 0 saturated carbocycles. The summed E-state index contributed by atoms with van der Waals surface area (Å²) in [4.78, 5) is 0. The molecule has 0 aliphatic carbocycles. The Morgan fingerprint density at radius 1 is 0.826 bits per heavy atom. The highest BCUT2D eigenvalue weighted by molar-refractivity contribution is 7.48. The molecule has 0 bridgehead atoms. The van der Waals surface area contributed by atoms with Gasteiger partial charge in [-0.2, -0.15) is 0 Å². The van der Waals surface area contributed by atoms with E-state index in [0.29, 0.717) is 17.2 Å². The molecular formula is C16H27O6P. The lowest BCUT2D eigenvalue weighted by atomic mass is 10.3. The largest absolute Gasteiger partial charge is 0.530 e. The van der Waals surface area contributed by atoms with Crippen molar-refractivity contribution in [2.75, 3.05) is 13.2 Å². The minimum Gasteiger partial charge on any atom is -0.491 e. The van der Waals surface area contributed by atoms with Crippen LogP contribution in [0.3, 0.4) is 0 Å². The van der Waals surface area contributed by atoms with Crippen LogP contribution in [0.25, 0.3) is 0 Å². The number of hydrogen-bond donors (Lipinski definition) is 0. The maximum atomic E-state index is 12.5. The molecule has 7 heteroatoms. The average molecular weight is 346 g/mol. The van der Waals surface area contributed by atoms with E-state index in [0.717, 1.165) is 0 Å². The fourth-order valence-corrected chi connectivity index (χ4v) is 2.99. The standard InChI is InChI=1S/C16H27O6P/c1-7-18-23(17,19-8-2)22-16-10-14(20-12(3)4)9-15(11-16)21-13(5)6/h9-13H,7-8H2,1-6H3. The van der Waals surface area contributed by atoms with E-state index >= 15 is 0 Å². The number of phosphoric ester groups is 1. The van der Waals surface area contributed by atoms with E-state index in [1.165, 1.54) is 0 Å². The molecule has 0 amide bonds. The van der Waals surface area contributed by atoms with Crippen molar-refractivity contribution in [2.45, 2.75) is 53.8 Å². The van der Waals surface area contributed by atoms with Crippen molar-refractivity contribution in [2.24, 2.45) is 0 Å². The second-order valence-electron chi connectivity index (χ2n) is 5.35. The molecule has 0 heterocycles. The first-order chi connectivity index (χ1) is 10.8. The second kappa shape index (κ2) is 9.16. The van der Waals surface area contributed by atoms with Crippen molar-refractivity contribution in [1.82, 2.24) is 0 Å². The van der Waals surface area contributed by atoms with E-state index in [1.807, 2.05) is 27.7 Å². The Hall–Kier alpha value is -1.23. The lowest BCUT2D eigenvalue weighted by Gasteiger charge is -2.19. The van der Waals surface area contributed by atoms with E-state index in [1.54, 1.807) is 32.0 Å². The SMILES string of the molecule is CCOP(=O)(OCC)Oc1cc(OC(C)C)cc(OC(C)C)c1. The third kappa shape index (κ3) is 7.25. The van der Waals surface area contributed by atoms with Crippen LogP contribution >= 0.6 is 7.82 Å². The number of ether oxygens (including phenoxy) is 2. The average Bonchev–Trinajstić information content (AvgIpc) is 2.36. The van der Waals surface area contributed by atoms with Crippen molar-refractivity contribution >= 4 is 7.82 Å². The molecule has 1 aromatic carbocycles. The van der Waals surface area contributed by atoms with Crippen molar-refractivity contribution in [3.8, 4) is 17.2 Å². The van der Waals surface area contributed by atoms with Crippen LogP contribution in [0.15, 0.2) is 18.2 Å². The summed E-state index contributed by atoms with van der Waals surface area (Å²) in [5.74, 6) is 1.43. The van der Waals surface area contributed by atoms with Gasteiger partial charge >= 0.3 is 7.82 Å². The predicted octanol–water partition coefficient (Wildman–Crippen LogP) is 4.82. The fraction of sp³-hybridized carbons (Fsp3) is 0.625. The minimum absolute atomic E-state index is 0.0114. The first-order valence-corrected chi connectivity index (χ1v) is 9.31. The molecule has 0 saturated heterocycles. The van der Waals surface area contributed by atoms with Crippen LogP contribution in [0, 0.1) is 0 Å². The van der Waals surface area contributed by atoms with Crippen LogP contribution in [0.4, 0.5) is 0 Å². The number of benzene rings is 1. The van der Waals surface area contributed by atoms with Gasteiger partial charge in [-0.3, -0.25) is 9.05 Å². The molecule has 0 aliphatic heterocycles. The highest BCUT2D eigenvalue weighted by atomic mass is 31.2. The fourth-order valence-electron chi connectivity index (χ4n) is 1.81. The van der Waals surface area contributed by atoms with Gasteiger partial charge in [0.15, 0.2) is 0 Å². The normalized spacial score (nSPS) is 11.8. The number of hydrogen-bond acceptors (Lipinski definition) is 6. The Bertz CT molecular complexity index is 491. The zero-order valence-corrected chi connectivity index (χ0v) is 15.6.